The van der Waals surface area contributed by atoms with Crippen LogP contribution in [0.1, 0.15) is 32.8 Å². The maximum atomic E-state index is 13.0. The molecule has 1 aromatic rings. The van der Waals surface area contributed by atoms with Gasteiger partial charge in [-0.3, -0.25) is 4.79 Å². The van der Waals surface area contributed by atoms with Gasteiger partial charge in [-0.25, -0.2) is 27.9 Å². The Hall–Kier alpha value is -2.19. The average molecular weight is 249 g/mol. The lowest BCUT2D eigenvalue weighted by Crippen LogP contribution is -2.21. The van der Waals surface area contributed by atoms with E-state index >= 15 is 0 Å². The number of nitrogens with zero attached hydrogens (tertiary/aromatic N) is 2. The number of carboxylic acids is 1. The molecule has 0 radical (unpaired) electrons. The highest BCUT2D eigenvalue weighted by Gasteiger charge is 2.28. The summed E-state index contributed by atoms with van der Waals surface area (Å²) in [5, 5.41) is 8.51. The van der Waals surface area contributed by atoms with Crippen LogP contribution < -0.4 is 5.73 Å². The van der Waals surface area contributed by atoms with Crippen LogP contribution in [0.2, 0.25) is 0 Å². The fourth-order valence-corrected chi connectivity index (χ4v) is 1.03. The maximum absolute atomic E-state index is 13.0. The van der Waals surface area contributed by atoms with Gasteiger partial charge in [-0.2, -0.15) is 0 Å². The first-order valence-electron chi connectivity index (χ1n) is 4.16. The zero-order valence-corrected chi connectivity index (χ0v) is 8.10. The minimum atomic E-state index is -3.40. The largest absolute Gasteiger partial charge is 0.475 e. The molecule has 1 aromatic heterocycles. The SMILES string of the molecule is NC(=O)c1nc(C(=O)O)ncc1C(F)C(F)F. The van der Waals surface area contributed by atoms with Gasteiger partial charge in [0.1, 0.15) is 5.69 Å². The second-order valence-corrected chi connectivity index (χ2v) is 2.90. The number of carbonyl (C=O) groups excluding carboxylic acids is 1. The summed E-state index contributed by atoms with van der Waals surface area (Å²) in [4.78, 5) is 27.6. The molecule has 1 heterocycles. The summed E-state index contributed by atoms with van der Waals surface area (Å²) >= 11 is 0. The summed E-state index contributed by atoms with van der Waals surface area (Å²) in [6.07, 6.45) is -5.69. The van der Waals surface area contributed by atoms with Crippen molar-refractivity contribution in [1.29, 1.82) is 0 Å². The number of aromatic nitrogens is 2. The van der Waals surface area contributed by atoms with Crippen molar-refractivity contribution < 1.29 is 27.9 Å². The van der Waals surface area contributed by atoms with Gasteiger partial charge in [0.2, 0.25) is 5.82 Å². The van der Waals surface area contributed by atoms with Crippen molar-refractivity contribution in [3.63, 3.8) is 0 Å². The second-order valence-electron chi connectivity index (χ2n) is 2.90. The van der Waals surface area contributed by atoms with E-state index in [1.165, 1.54) is 0 Å². The molecule has 0 saturated heterocycles. The number of rotatable bonds is 4. The van der Waals surface area contributed by atoms with Gasteiger partial charge in [-0.05, 0) is 0 Å². The molecule has 0 bridgehead atoms. The Bertz CT molecular complexity index is 467. The summed E-state index contributed by atoms with van der Waals surface area (Å²) in [6.45, 7) is 0. The third kappa shape index (κ3) is 2.68. The lowest BCUT2D eigenvalue weighted by Gasteiger charge is -2.09. The van der Waals surface area contributed by atoms with Crippen LogP contribution in [-0.4, -0.2) is 33.4 Å². The zero-order chi connectivity index (χ0) is 13.2. The van der Waals surface area contributed by atoms with Crippen molar-refractivity contribution in [1.82, 2.24) is 9.97 Å². The molecule has 9 heteroatoms. The predicted molar refractivity (Wildman–Crippen MR) is 47.4 cm³/mol. The first kappa shape index (κ1) is 12.9. The van der Waals surface area contributed by atoms with E-state index in [0.717, 1.165) is 0 Å². The minimum absolute atomic E-state index is 0.507. The van der Waals surface area contributed by atoms with E-state index in [0.29, 0.717) is 6.20 Å². The summed E-state index contributed by atoms with van der Waals surface area (Å²) < 4.78 is 37.3. The minimum Gasteiger partial charge on any atom is -0.475 e. The maximum Gasteiger partial charge on any atom is 0.373 e. The molecule has 0 aliphatic heterocycles. The Kier molecular flexibility index (Phi) is 3.61. The number of alkyl halides is 3. The van der Waals surface area contributed by atoms with Gasteiger partial charge < -0.3 is 10.8 Å². The summed E-state index contributed by atoms with van der Waals surface area (Å²) in [7, 11) is 0. The van der Waals surface area contributed by atoms with Crippen LogP contribution in [0, 0.1) is 0 Å². The number of aromatic carboxylic acids is 1. The van der Waals surface area contributed by atoms with Crippen molar-refractivity contribution in [2.75, 3.05) is 0 Å². The Morgan fingerprint density at radius 3 is 2.35 bits per heavy atom. The summed E-state index contributed by atoms with van der Waals surface area (Å²) in [5.41, 5.74) is 3.08. The molecule has 6 nitrogen and oxygen atoms in total. The van der Waals surface area contributed by atoms with E-state index in [9.17, 15) is 22.8 Å². The number of amides is 1. The van der Waals surface area contributed by atoms with Gasteiger partial charge in [-0.1, -0.05) is 0 Å². The third-order valence-electron chi connectivity index (χ3n) is 1.76. The molecule has 17 heavy (non-hydrogen) atoms. The lowest BCUT2D eigenvalue weighted by atomic mass is 10.1. The number of halogens is 3. The number of carboxylic acid groups (broad SMARTS) is 1. The van der Waals surface area contributed by atoms with Gasteiger partial charge in [0, 0.05) is 11.8 Å². The van der Waals surface area contributed by atoms with Crippen LogP contribution in [-0.2, 0) is 0 Å². The van der Waals surface area contributed by atoms with Crippen LogP contribution in [0.25, 0.3) is 0 Å². The van der Waals surface area contributed by atoms with Crippen molar-refractivity contribution in [2.45, 2.75) is 12.6 Å². The van der Waals surface area contributed by atoms with E-state index in [-0.39, 0.29) is 0 Å². The number of primary amides is 1. The molecule has 0 aliphatic carbocycles. The molecule has 0 saturated carbocycles. The van der Waals surface area contributed by atoms with Crippen molar-refractivity contribution in [2.24, 2.45) is 5.73 Å². The second kappa shape index (κ2) is 4.76. The van der Waals surface area contributed by atoms with Crippen molar-refractivity contribution in [3.05, 3.63) is 23.3 Å². The Morgan fingerprint density at radius 1 is 1.35 bits per heavy atom. The molecule has 0 aromatic carbocycles. The van der Waals surface area contributed by atoms with E-state index < -0.39 is 41.6 Å². The molecule has 0 aliphatic rings. The third-order valence-corrected chi connectivity index (χ3v) is 1.76. The molecule has 1 amide bonds. The van der Waals surface area contributed by atoms with E-state index in [2.05, 4.69) is 9.97 Å². The predicted octanol–water partition coefficient (Wildman–Crippen LogP) is 0.549. The van der Waals surface area contributed by atoms with E-state index in [1.54, 1.807) is 0 Å². The van der Waals surface area contributed by atoms with Gasteiger partial charge in [0.25, 0.3) is 12.3 Å². The topological polar surface area (TPSA) is 106 Å². The molecular formula is C8H6F3N3O3. The highest BCUT2D eigenvalue weighted by atomic mass is 19.3. The zero-order valence-electron chi connectivity index (χ0n) is 8.10. The molecule has 1 unspecified atom stereocenters. The first-order chi connectivity index (χ1) is 7.84. The van der Waals surface area contributed by atoms with Crippen LogP contribution >= 0.6 is 0 Å². The number of hydrogen-bond acceptors (Lipinski definition) is 4. The highest BCUT2D eigenvalue weighted by Crippen LogP contribution is 2.26. The monoisotopic (exact) mass is 249 g/mol. The van der Waals surface area contributed by atoms with Gasteiger partial charge in [0.15, 0.2) is 6.17 Å². The van der Waals surface area contributed by atoms with Crippen LogP contribution in [0.15, 0.2) is 6.20 Å². The summed E-state index contributed by atoms with van der Waals surface area (Å²) in [5.74, 6) is -3.73. The number of hydrogen-bond donors (Lipinski definition) is 2. The quantitative estimate of drug-likeness (QED) is 0.810. The molecule has 1 atom stereocenters. The first-order valence-corrected chi connectivity index (χ1v) is 4.16. The molecule has 0 fully saturated rings. The molecule has 3 N–H and O–H groups in total. The Balaban J connectivity index is 3.32. The molecule has 1 rings (SSSR count). The van der Waals surface area contributed by atoms with Gasteiger partial charge in [0.05, 0.1) is 0 Å². The van der Waals surface area contributed by atoms with Crippen LogP contribution in [0.3, 0.4) is 0 Å². The molecular weight excluding hydrogens is 243 g/mol. The van der Waals surface area contributed by atoms with Gasteiger partial charge >= 0.3 is 5.97 Å². The number of carbonyl (C=O) groups is 2. The fraction of sp³-hybridized carbons (Fsp3) is 0.250. The van der Waals surface area contributed by atoms with E-state index in [4.69, 9.17) is 10.8 Å². The number of nitrogens with two attached hydrogens (primary N) is 1. The fourth-order valence-electron chi connectivity index (χ4n) is 1.03. The normalized spacial score (nSPS) is 12.5. The molecule has 92 valence electrons. The van der Waals surface area contributed by atoms with Crippen LogP contribution in [0.4, 0.5) is 13.2 Å². The smallest absolute Gasteiger partial charge is 0.373 e. The Morgan fingerprint density at radius 2 is 1.94 bits per heavy atom. The van der Waals surface area contributed by atoms with Crippen LogP contribution in [0.5, 0.6) is 0 Å². The lowest BCUT2D eigenvalue weighted by molar-refractivity contribution is 0.0484. The molecule has 0 spiro atoms. The standard InChI is InChI=1S/C8H6F3N3O3/c9-3(5(10)11)2-1-13-7(8(16)17)14-4(2)6(12)15/h1,3,5H,(H2,12,15)(H,16,17). The van der Waals surface area contributed by atoms with Gasteiger partial charge in [-0.15, -0.1) is 0 Å². The van der Waals surface area contributed by atoms with Crippen molar-refractivity contribution >= 4 is 11.9 Å². The summed E-state index contributed by atoms with van der Waals surface area (Å²) in [6, 6.07) is 0. The highest BCUT2D eigenvalue weighted by molar-refractivity contribution is 5.93. The average Bonchev–Trinajstić information content (AvgIpc) is 2.26. The Labute approximate surface area is 92.3 Å². The van der Waals surface area contributed by atoms with Crippen molar-refractivity contribution in [3.8, 4) is 0 Å². The van der Waals surface area contributed by atoms with E-state index in [1.807, 2.05) is 0 Å².